The molecular weight excluding hydrogens is 302 g/mol. The number of rotatable bonds is 3. The highest BCUT2D eigenvalue weighted by atomic mass is 79.9. The molecular formula is C10H10BrN5O2. The maximum atomic E-state index is 8.71. The summed E-state index contributed by atoms with van der Waals surface area (Å²) in [7, 11) is 1.73. The molecule has 0 saturated heterocycles. The molecule has 0 radical (unpaired) electrons. The largest absolute Gasteiger partial charge is 0.422 e. The molecule has 1 heterocycles. The van der Waals surface area contributed by atoms with E-state index in [9.17, 15) is 0 Å². The van der Waals surface area contributed by atoms with Crippen molar-refractivity contribution in [1.29, 1.82) is 0 Å². The highest BCUT2D eigenvalue weighted by molar-refractivity contribution is 9.10. The van der Waals surface area contributed by atoms with Gasteiger partial charge in [0.25, 0.3) is 0 Å². The van der Waals surface area contributed by atoms with Gasteiger partial charge in [-0.3, -0.25) is 4.68 Å². The van der Waals surface area contributed by atoms with Crippen LogP contribution in [0.4, 0.5) is 0 Å². The molecule has 18 heavy (non-hydrogen) atoms. The quantitative estimate of drug-likeness (QED) is 0.387. The van der Waals surface area contributed by atoms with Gasteiger partial charge in [-0.15, -0.1) is 5.10 Å². The normalized spacial score (nSPS) is 11.6. The summed E-state index contributed by atoms with van der Waals surface area (Å²) < 4.78 is 7.79. The molecule has 2 rings (SSSR count). The molecule has 1 aromatic carbocycles. The third kappa shape index (κ3) is 2.59. The van der Waals surface area contributed by atoms with Crippen LogP contribution in [0, 0.1) is 0 Å². The van der Waals surface area contributed by atoms with Gasteiger partial charge in [0, 0.05) is 11.5 Å². The molecule has 7 nitrogen and oxygen atoms in total. The summed E-state index contributed by atoms with van der Waals surface area (Å²) in [5.41, 5.74) is 6.01. The Hall–Kier alpha value is -2.09. The van der Waals surface area contributed by atoms with Crippen LogP contribution in [0.2, 0.25) is 0 Å². The Labute approximate surface area is 111 Å². The Bertz CT molecular complexity index is 596. The van der Waals surface area contributed by atoms with E-state index in [-0.39, 0.29) is 11.8 Å². The highest BCUT2D eigenvalue weighted by Crippen LogP contribution is 2.26. The predicted octanol–water partition coefficient (Wildman–Crippen LogP) is 1.46. The first kappa shape index (κ1) is 12.4. The van der Waals surface area contributed by atoms with Crippen molar-refractivity contribution < 1.29 is 9.94 Å². The Balaban J connectivity index is 2.39. The fourth-order valence-electron chi connectivity index (χ4n) is 1.31. The van der Waals surface area contributed by atoms with Gasteiger partial charge in [0.2, 0.25) is 0 Å². The van der Waals surface area contributed by atoms with Crippen molar-refractivity contribution in [3.8, 4) is 11.8 Å². The lowest BCUT2D eigenvalue weighted by atomic mass is 10.2. The van der Waals surface area contributed by atoms with Crippen LogP contribution in [-0.2, 0) is 7.05 Å². The molecule has 0 saturated carbocycles. The summed E-state index contributed by atoms with van der Waals surface area (Å²) in [5.74, 6) is 0.347. The molecule has 0 aliphatic heterocycles. The molecule has 3 N–H and O–H groups in total. The van der Waals surface area contributed by atoms with Gasteiger partial charge < -0.3 is 15.7 Å². The number of nitrogens with two attached hydrogens (primary N) is 1. The van der Waals surface area contributed by atoms with E-state index in [4.69, 9.17) is 15.7 Å². The average Bonchev–Trinajstić information content (AvgIpc) is 2.74. The molecule has 0 fully saturated rings. The summed E-state index contributed by atoms with van der Waals surface area (Å²) in [6.45, 7) is 0. The summed E-state index contributed by atoms with van der Waals surface area (Å²) in [6, 6.07) is 5.29. The third-order valence-corrected chi connectivity index (χ3v) is 2.60. The second-order valence-corrected chi connectivity index (χ2v) is 4.34. The van der Waals surface area contributed by atoms with E-state index in [2.05, 4.69) is 31.2 Å². The van der Waals surface area contributed by atoms with Crippen LogP contribution < -0.4 is 10.5 Å². The van der Waals surface area contributed by atoms with E-state index in [0.717, 1.165) is 4.47 Å². The molecule has 94 valence electrons. The number of benzene rings is 1. The van der Waals surface area contributed by atoms with Crippen LogP contribution in [0.1, 0.15) is 5.56 Å². The van der Waals surface area contributed by atoms with Crippen molar-refractivity contribution in [1.82, 2.24) is 14.8 Å². The van der Waals surface area contributed by atoms with Crippen LogP contribution in [-0.4, -0.2) is 25.8 Å². The van der Waals surface area contributed by atoms with Crippen molar-refractivity contribution in [3.05, 3.63) is 34.6 Å². The first-order valence-corrected chi connectivity index (χ1v) is 5.70. The molecule has 0 bridgehead atoms. The monoisotopic (exact) mass is 311 g/mol. The number of hydrogen-bond donors (Lipinski definition) is 2. The van der Waals surface area contributed by atoms with Gasteiger partial charge >= 0.3 is 6.01 Å². The van der Waals surface area contributed by atoms with E-state index < -0.39 is 0 Å². The number of ether oxygens (including phenoxy) is 1. The van der Waals surface area contributed by atoms with Crippen molar-refractivity contribution in [2.24, 2.45) is 17.9 Å². The fourth-order valence-corrected chi connectivity index (χ4v) is 1.65. The minimum atomic E-state index is -0.0477. The SMILES string of the molecule is Cn1cnc(Oc2cc(Br)ccc2/C(N)=N/O)n1. The number of aromatic nitrogens is 3. The van der Waals surface area contributed by atoms with E-state index in [1.165, 1.54) is 11.0 Å². The number of halogens is 1. The summed E-state index contributed by atoms with van der Waals surface area (Å²) in [6.07, 6.45) is 1.51. The first-order valence-electron chi connectivity index (χ1n) is 4.91. The Kier molecular flexibility index (Phi) is 3.47. The first-order chi connectivity index (χ1) is 8.60. The van der Waals surface area contributed by atoms with Crippen molar-refractivity contribution in [2.75, 3.05) is 0 Å². The second-order valence-electron chi connectivity index (χ2n) is 3.43. The Morgan fingerprint density at radius 1 is 1.56 bits per heavy atom. The molecule has 0 atom stereocenters. The van der Waals surface area contributed by atoms with Crippen molar-refractivity contribution >= 4 is 21.8 Å². The zero-order valence-electron chi connectivity index (χ0n) is 9.41. The van der Waals surface area contributed by atoms with Crippen LogP contribution in [0.3, 0.4) is 0 Å². The minimum absolute atomic E-state index is 0.0477. The number of nitrogens with zero attached hydrogens (tertiary/aromatic N) is 4. The Morgan fingerprint density at radius 3 is 2.94 bits per heavy atom. The Morgan fingerprint density at radius 2 is 2.33 bits per heavy atom. The zero-order chi connectivity index (χ0) is 13.1. The van der Waals surface area contributed by atoms with Crippen LogP contribution in [0.15, 0.2) is 34.2 Å². The van der Waals surface area contributed by atoms with E-state index >= 15 is 0 Å². The van der Waals surface area contributed by atoms with Gasteiger partial charge in [-0.2, -0.15) is 4.98 Å². The van der Waals surface area contributed by atoms with Crippen LogP contribution in [0.5, 0.6) is 11.8 Å². The number of amidine groups is 1. The van der Waals surface area contributed by atoms with E-state index in [0.29, 0.717) is 11.3 Å². The van der Waals surface area contributed by atoms with Gasteiger partial charge in [-0.05, 0) is 18.2 Å². The zero-order valence-corrected chi connectivity index (χ0v) is 11.0. The van der Waals surface area contributed by atoms with Crippen LogP contribution in [0.25, 0.3) is 0 Å². The highest BCUT2D eigenvalue weighted by Gasteiger charge is 2.12. The fraction of sp³-hybridized carbons (Fsp3) is 0.100. The van der Waals surface area contributed by atoms with Crippen molar-refractivity contribution in [3.63, 3.8) is 0 Å². The average molecular weight is 312 g/mol. The lowest BCUT2D eigenvalue weighted by Gasteiger charge is -2.07. The second kappa shape index (κ2) is 5.05. The number of hydrogen-bond acceptors (Lipinski definition) is 5. The standard InChI is InChI=1S/C10H10BrN5O2/c1-16-5-13-10(14-16)18-8-4-6(11)2-3-7(8)9(12)15-17/h2-5,17H,1H3,(H2,12,15). The molecule has 2 aromatic rings. The summed E-state index contributed by atoms with van der Waals surface area (Å²) in [4.78, 5) is 3.94. The molecule has 0 aliphatic carbocycles. The molecule has 0 amide bonds. The van der Waals surface area contributed by atoms with Crippen LogP contribution >= 0.6 is 15.9 Å². The molecule has 1 aromatic heterocycles. The predicted molar refractivity (Wildman–Crippen MR) is 67.7 cm³/mol. The summed E-state index contributed by atoms with van der Waals surface area (Å²) in [5, 5.41) is 15.6. The molecule has 0 spiro atoms. The van der Waals surface area contributed by atoms with Gasteiger partial charge in [-0.25, -0.2) is 0 Å². The topological polar surface area (TPSA) is 98.6 Å². The maximum Gasteiger partial charge on any atom is 0.341 e. The number of aryl methyl sites for hydroxylation is 1. The third-order valence-electron chi connectivity index (χ3n) is 2.11. The van der Waals surface area contributed by atoms with Gasteiger partial charge in [0.05, 0.1) is 5.56 Å². The summed E-state index contributed by atoms with van der Waals surface area (Å²) >= 11 is 3.32. The van der Waals surface area contributed by atoms with E-state index in [1.807, 2.05) is 0 Å². The van der Waals surface area contributed by atoms with E-state index in [1.54, 1.807) is 25.2 Å². The number of oxime groups is 1. The molecule has 8 heteroatoms. The molecule has 0 unspecified atom stereocenters. The lowest BCUT2D eigenvalue weighted by molar-refractivity contribution is 0.318. The van der Waals surface area contributed by atoms with Gasteiger partial charge in [-0.1, -0.05) is 21.1 Å². The van der Waals surface area contributed by atoms with Crippen molar-refractivity contribution in [2.45, 2.75) is 0 Å². The smallest absolute Gasteiger partial charge is 0.341 e. The minimum Gasteiger partial charge on any atom is -0.422 e. The van der Waals surface area contributed by atoms with Gasteiger partial charge in [0.15, 0.2) is 5.84 Å². The van der Waals surface area contributed by atoms with Gasteiger partial charge in [0.1, 0.15) is 12.1 Å². The lowest BCUT2D eigenvalue weighted by Crippen LogP contribution is -2.14. The maximum absolute atomic E-state index is 8.71. The molecule has 0 aliphatic rings.